The number of nitrogens with zero attached hydrogens (tertiary/aromatic N) is 4. The number of carbonyl (C=O) groups excluding carboxylic acids is 2. The Kier molecular flexibility index (Phi) is 4.88. The predicted molar refractivity (Wildman–Crippen MR) is 121 cm³/mol. The number of aromatic amines is 1. The van der Waals surface area contributed by atoms with Gasteiger partial charge in [0, 0.05) is 50.2 Å². The first-order chi connectivity index (χ1) is 15.0. The van der Waals surface area contributed by atoms with Crippen molar-refractivity contribution in [1.82, 2.24) is 15.1 Å². The van der Waals surface area contributed by atoms with Gasteiger partial charge in [-0.15, -0.1) is 0 Å². The van der Waals surface area contributed by atoms with Crippen molar-refractivity contribution in [2.75, 3.05) is 42.5 Å². The summed E-state index contributed by atoms with van der Waals surface area (Å²) < 4.78 is 0. The first kappa shape index (κ1) is 19.6. The fourth-order valence-electron chi connectivity index (χ4n) is 4.82. The lowest BCUT2D eigenvalue weighted by Gasteiger charge is -2.37. The zero-order chi connectivity index (χ0) is 21.5. The number of anilines is 2. The first-order valence-electron chi connectivity index (χ1n) is 10.9. The molecule has 2 saturated heterocycles. The van der Waals surface area contributed by atoms with E-state index in [-0.39, 0.29) is 24.2 Å². The average Bonchev–Trinajstić information content (AvgIpc) is 3.37. The van der Waals surface area contributed by atoms with Gasteiger partial charge in [-0.25, -0.2) is 0 Å². The topological polar surface area (TPSA) is 72.5 Å². The highest BCUT2D eigenvalue weighted by Gasteiger charge is 2.39. The highest BCUT2D eigenvalue weighted by molar-refractivity contribution is 6.05. The third-order valence-corrected chi connectivity index (χ3v) is 6.46. The molecule has 1 unspecified atom stereocenters. The van der Waals surface area contributed by atoms with Crippen LogP contribution in [0.3, 0.4) is 0 Å². The van der Waals surface area contributed by atoms with Crippen LogP contribution in [0.15, 0.2) is 42.5 Å². The highest BCUT2D eigenvalue weighted by Crippen LogP contribution is 2.31. The number of aromatic nitrogens is 2. The molecule has 2 aromatic carbocycles. The van der Waals surface area contributed by atoms with Gasteiger partial charge in [-0.3, -0.25) is 19.6 Å². The molecule has 31 heavy (non-hydrogen) atoms. The van der Waals surface area contributed by atoms with Gasteiger partial charge in [-0.2, -0.15) is 5.10 Å². The van der Waals surface area contributed by atoms with E-state index in [2.05, 4.69) is 47.1 Å². The van der Waals surface area contributed by atoms with Crippen molar-refractivity contribution in [2.24, 2.45) is 5.92 Å². The lowest BCUT2D eigenvalue weighted by Crippen LogP contribution is -2.50. The van der Waals surface area contributed by atoms with Crippen molar-refractivity contribution in [1.29, 1.82) is 0 Å². The monoisotopic (exact) mass is 417 g/mol. The molecule has 1 N–H and O–H groups in total. The van der Waals surface area contributed by atoms with Crippen molar-refractivity contribution < 1.29 is 9.59 Å². The third kappa shape index (κ3) is 3.54. The Morgan fingerprint density at radius 2 is 1.84 bits per heavy atom. The number of nitrogens with one attached hydrogen (secondary N) is 1. The van der Waals surface area contributed by atoms with Crippen LogP contribution in [0, 0.1) is 19.8 Å². The van der Waals surface area contributed by atoms with Crippen molar-refractivity contribution in [2.45, 2.75) is 20.3 Å². The Labute approximate surface area is 181 Å². The van der Waals surface area contributed by atoms with Crippen LogP contribution in [0.25, 0.3) is 10.9 Å². The van der Waals surface area contributed by atoms with Crippen LogP contribution < -0.4 is 9.80 Å². The minimum Gasteiger partial charge on any atom is -0.368 e. The van der Waals surface area contributed by atoms with Crippen molar-refractivity contribution >= 4 is 34.2 Å². The highest BCUT2D eigenvalue weighted by atomic mass is 16.2. The molecule has 7 nitrogen and oxygen atoms in total. The minimum absolute atomic E-state index is 0.0375. The number of fused-ring (bicyclic) bond motifs is 1. The number of hydrogen-bond donors (Lipinski definition) is 1. The summed E-state index contributed by atoms with van der Waals surface area (Å²) in [6.07, 6.45) is 0.247. The number of benzene rings is 2. The van der Waals surface area contributed by atoms with Crippen molar-refractivity contribution in [3.05, 3.63) is 53.6 Å². The zero-order valence-corrected chi connectivity index (χ0v) is 18.0. The molecule has 0 bridgehead atoms. The zero-order valence-electron chi connectivity index (χ0n) is 18.0. The number of carbonyl (C=O) groups is 2. The molecule has 3 heterocycles. The van der Waals surface area contributed by atoms with E-state index in [9.17, 15) is 9.59 Å². The fourth-order valence-corrected chi connectivity index (χ4v) is 4.82. The van der Waals surface area contributed by atoms with Gasteiger partial charge >= 0.3 is 0 Å². The summed E-state index contributed by atoms with van der Waals surface area (Å²) in [5.41, 5.74) is 4.66. The smallest absolute Gasteiger partial charge is 0.229 e. The SMILES string of the molecule is Cc1ccc(N2CCN(C(=O)C3CC(=O)N(c4n[nH]c5ccccc45)C3)CC2)c(C)c1. The van der Waals surface area contributed by atoms with E-state index in [1.165, 1.54) is 16.8 Å². The maximum Gasteiger partial charge on any atom is 0.229 e. The van der Waals surface area contributed by atoms with Gasteiger partial charge in [0.1, 0.15) is 0 Å². The Balaban J connectivity index is 1.25. The summed E-state index contributed by atoms with van der Waals surface area (Å²) in [7, 11) is 0. The maximum atomic E-state index is 13.2. The molecule has 1 aromatic heterocycles. The molecule has 0 aliphatic carbocycles. The number of H-pyrrole nitrogens is 1. The van der Waals surface area contributed by atoms with Gasteiger partial charge in [0.15, 0.2) is 5.82 Å². The van der Waals surface area contributed by atoms with E-state index >= 15 is 0 Å². The maximum absolute atomic E-state index is 13.2. The van der Waals surface area contributed by atoms with E-state index in [0.717, 1.165) is 24.0 Å². The standard InChI is InChI=1S/C24H27N5O2/c1-16-7-8-21(17(2)13-16)27-9-11-28(12-10-27)24(31)18-14-22(30)29(15-18)23-19-5-3-4-6-20(19)25-26-23/h3-8,13,18H,9-12,14-15H2,1-2H3,(H,25,26). The molecule has 2 fully saturated rings. The average molecular weight is 418 g/mol. The summed E-state index contributed by atoms with van der Waals surface area (Å²) in [6, 6.07) is 14.2. The van der Waals surface area contributed by atoms with Gasteiger partial charge in [0.05, 0.1) is 11.4 Å². The molecule has 0 saturated carbocycles. The van der Waals surface area contributed by atoms with Gasteiger partial charge in [0.2, 0.25) is 11.8 Å². The second-order valence-corrected chi connectivity index (χ2v) is 8.60. The van der Waals surface area contributed by atoms with Crippen LogP contribution in [0.1, 0.15) is 17.5 Å². The Bertz CT molecular complexity index is 1150. The lowest BCUT2D eigenvalue weighted by molar-refractivity contribution is -0.136. The molecule has 0 spiro atoms. The summed E-state index contributed by atoms with van der Waals surface area (Å²) in [6.45, 7) is 7.62. The lowest BCUT2D eigenvalue weighted by atomic mass is 10.1. The summed E-state index contributed by atoms with van der Waals surface area (Å²) in [4.78, 5) is 31.8. The van der Waals surface area contributed by atoms with Gasteiger partial charge in [0.25, 0.3) is 0 Å². The van der Waals surface area contributed by atoms with Crippen LogP contribution in [-0.4, -0.2) is 59.6 Å². The number of piperazine rings is 1. The molecule has 2 aliphatic rings. The molecule has 7 heteroatoms. The predicted octanol–water partition coefficient (Wildman–Crippen LogP) is 2.88. The normalized spacial score (nSPS) is 19.5. The molecule has 2 aliphatic heterocycles. The molecule has 1 atom stereocenters. The van der Waals surface area contributed by atoms with Crippen LogP contribution in [0.4, 0.5) is 11.5 Å². The van der Waals surface area contributed by atoms with E-state index in [1.54, 1.807) is 4.90 Å². The number of hydrogen-bond acceptors (Lipinski definition) is 4. The summed E-state index contributed by atoms with van der Waals surface area (Å²) >= 11 is 0. The molecule has 0 radical (unpaired) electrons. The van der Waals surface area contributed by atoms with Gasteiger partial charge in [-0.05, 0) is 37.6 Å². The summed E-state index contributed by atoms with van der Waals surface area (Å²) in [5.74, 6) is 0.353. The van der Waals surface area contributed by atoms with E-state index in [1.807, 2.05) is 29.2 Å². The molecule has 3 aromatic rings. The van der Waals surface area contributed by atoms with E-state index < -0.39 is 0 Å². The summed E-state index contributed by atoms with van der Waals surface area (Å²) in [5, 5.41) is 8.23. The van der Waals surface area contributed by atoms with Crippen LogP contribution >= 0.6 is 0 Å². The van der Waals surface area contributed by atoms with Crippen molar-refractivity contribution in [3.8, 4) is 0 Å². The number of aryl methyl sites for hydroxylation is 2. The third-order valence-electron chi connectivity index (χ3n) is 6.46. The van der Waals surface area contributed by atoms with Crippen LogP contribution in [-0.2, 0) is 9.59 Å². The van der Waals surface area contributed by atoms with E-state index in [0.29, 0.717) is 25.5 Å². The Morgan fingerprint density at radius 1 is 1.06 bits per heavy atom. The van der Waals surface area contributed by atoms with E-state index in [4.69, 9.17) is 0 Å². The molecular weight excluding hydrogens is 390 g/mol. The fraction of sp³-hybridized carbons (Fsp3) is 0.375. The first-order valence-corrected chi connectivity index (χ1v) is 10.9. The van der Waals surface area contributed by atoms with Crippen LogP contribution in [0.5, 0.6) is 0 Å². The quantitative estimate of drug-likeness (QED) is 0.711. The Hall–Kier alpha value is -3.35. The molecular formula is C24H27N5O2. The van der Waals surface area contributed by atoms with Crippen LogP contribution in [0.2, 0.25) is 0 Å². The molecule has 160 valence electrons. The number of para-hydroxylation sites is 1. The minimum atomic E-state index is -0.310. The van der Waals surface area contributed by atoms with Crippen molar-refractivity contribution in [3.63, 3.8) is 0 Å². The molecule has 2 amide bonds. The number of rotatable bonds is 3. The van der Waals surface area contributed by atoms with Gasteiger partial charge in [-0.1, -0.05) is 29.8 Å². The largest absolute Gasteiger partial charge is 0.368 e. The second kappa shape index (κ2) is 7.72. The second-order valence-electron chi connectivity index (χ2n) is 8.60. The number of amides is 2. The van der Waals surface area contributed by atoms with Gasteiger partial charge < -0.3 is 9.80 Å². The molecule has 5 rings (SSSR count). The Morgan fingerprint density at radius 3 is 2.61 bits per heavy atom.